The van der Waals surface area contributed by atoms with Crippen molar-refractivity contribution in [3.8, 4) is 16.9 Å². The standard InChI is InChI=1S/C24H25Cl2FN4O2/c1-13(22-18(25)4-5-19(27)23(22)26)33-21-9-15(10-29-24(21)28)16-11-30-31(12-16)17-3-2-14-8-20(14)32-7-6-17/h4-5,9-14,17,20H,2-3,6-8H2,1H3,(H2,28,29)/t13-,14?,17?,20?/m1/s1. The first-order chi connectivity index (χ1) is 15.9. The molecule has 1 saturated heterocycles. The van der Waals surface area contributed by atoms with Crippen molar-refractivity contribution < 1.29 is 13.9 Å². The first-order valence-corrected chi connectivity index (χ1v) is 11.9. The van der Waals surface area contributed by atoms with Gasteiger partial charge in [-0.3, -0.25) is 4.68 Å². The number of halogens is 3. The second-order valence-corrected chi connectivity index (χ2v) is 9.54. The third-order valence-corrected chi connectivity index (χ3v) is 7.21. The molecule has 0 amide bonds. The van der Waals surface area contributed by atoms with E-state index in [1.165, 1.54) is 25.0 Å². The van der Waals surface area contributed by atoms with Gasteiger partial charge in [-0.2, -0.15) is 5.10 Å². The Balaban J connectivity index is 1.35. The van der Waals surface area contributed by atoms with Gasteiger partial charge in [-0.05, 0) is 56.7 Å². The number of anilines is 1. The van der Waals surface area contributed by atoms with Crippen LogP contribution in [0.5, 0.6) is 5.75 Å². The van der Waals surface area contributed by atoms with Gasteiger partial charge in [-0.15, -0.1) is 0 Å². The summed E-state index contributed by atoms with van der Waals surface area (Å²) in [5.41, 5.74) is 8.15. The lowest BCUT2D eigenvalue weighted by Gasteiger charge is -2.20. The predicted octanol–water partition coefficient (Wildman–Crippen LogP) is 6.24. The number of aromatic nitrogens is 3. The van der Waals surface area contributed by atoms with E-state index in [0.29, 0.717) is 34.4 Å². The molecule has 33 heavy (non-hydrogen) atoms. The lowest BCUT2D eigenvalue weighted by atomic mass is 10.1. The van der Waals surface area contributed by atoms with Gasteiger partial charge in [0, 0.05) is 40.7 Å². The Labute approximate surface area is 201 Å². The maximum Gasteiger partial charge on any atom is 0.166 e. The zero-order chi connectivity index (χ0) is 23.1. The van der Waals surface area contributed by atoms with Crippen LogP contribution in [0.2, 0.25) is 10.0 Å². The molecular weight excluding hydrogens is 466 g/mol. The first-order valence-electron chi connectivity index (χ1n) is 11.1. The summed E-state index contributed by atoms with van der Waals surface area (Å²) < 4.78 is 27.9. The summed E-state index contributed by atoms with van der Waals surface area (Å²) in [5.74, 6) is 0.739. The normalized spacial score (nSPS) is 23.3. The van der Waals surface area contributed by atoms with E-state index in [1.807, 2.05) is 17.1 Å². The SMILES string of the molecule is C[C@@H](Oc1cc(-c2cnn(C3CCOC4CC4CC3)c2)cnc1N)c1c(Cl)ccc(F)c1Cl. The molecule has 2 aromatic heterocycles. The molecule has 2 N–H and O–H groups in total. The molecule has 4 atom stereocenters. The molecule has 0 radical (unpaired) electrons. The molecule has 3 aromatic rings. The van der Waals surface area contributed by atoms with Crippen LogP contribution in [0.25, 0.3) is 11.1 Å². The van der Waals surface area contributed by atoms with E-state index in [-0.39, 0.29) is 10.8 Å². The molecule has 1 saturated carbocycles. The average Bonchev–Trinajstić information content (AvgIpc) is 3.31. The summed E-state index contributed by atoms with van der Waals surface area (Å²) in [5, 5.41) is 4.85. The van der Waals surface area contributed by atoms with Crippen molar-refractivity contribution >= 4 is 29.0 Å². The summed E-state index contributed by atoms with van der Waals surface area (Å²) in [6.07, 6.45) is 9.81. The van der Waals surface area contributed by atoms with Crippen molar-refractivity contribution in [1.82, 2.24) is 14.8 Å². The van der Waals surface area contributed by atoms with Crippen LogP contribution < -0.4 is 10.5 Å². The van der Waals surface area contributed by atoms with Crippen LogP contribution in [0, 0.1) is 11.7 Å². The van der Waals surface area contributed by atoms with Crippen LogP contribution in [0.3, 0.4) is 0 Å². The molecule has 2 fully saturated rings. The van der Waals surface area contributed by atoms with Crippen molar-refractivity contribution in [3.63, 3.8) is 0 Å². The highest BCUT2D eigenvalue weighted by Crippen LogP contribution is 2.42. The molecule has 0 bridgehead atoms. The fraction of sp³-hybridized carbons (Fsp3) is 0.417. The molecule has 6 nitrogen and oxygen atoms in total. The Morgan fingerprint density at radius 1 is 1.21 bits per heavy atom. The van der Waals surface area contributed by atoms with Gasteiger partial charge in [0.15, 0.2) is 11.6 Å². The predicted molar refractivity (Wildman–Crippen MR) is 126 cm³/mol. The number of rotatable bonds is 5. The van der Waals surface area contributed by atoms with Crippen molar-refractivity contribution in [1.29, 1.82) is 0 Å². The molecule has 3 unspecified atom stereocenters. The molecule has 1 aliphatic heterocycles. The minimum Gasteiger partial charge on any atom is -0.482 e. The smallest absolute Gasteiger partial charge is 0.166 e. The minimum atomic E-state index is -0.635. The molecule has 5 rings (SSSR count). The Morgan fingerprint density at radius 3 is 2.91 bits per heavy atom. The summed E-state index contributed by atoms with van der Waals surface area (Å²) in [4.78, 5) is 4.28. The van der Waals surface area contributed by atoms with Crippen LogP contribution in [0.15, 0.2) is 36.8 Å². The molecule has 0 spiro atoms. The maximum atomic E-state index is 14.0. The molecule has 1 aliphatic carbocycles. The highest BCUT2D eigenvalue weighted by Gasteiger charge is 2.39. The Morgan fingerprint density at radius 2 is 2.06 bits per heavy atom. The summed E-state index contributed by atoms with van der Waals surface area (Å²) >= 11 is 12.4. The van der Waals surface area contributed by atoms with Crippen molar-refractivity contribution in [2.24, 2.45) is 5.92 Å². The molecule has 3 heterocycles. The van der Waals surface area contributed by atoms with Crippen molar-refractivity contribution in [2.75, 3.05) is 12.3 Å². The number of nitrogen functional groups attached to an aromatic ring is 1. The van der Waals surface area contributed by atoms with Crippen LogP contribution in [0.1, 0.15) is 50.3 Å². The van der Waals surface area contributed by atoms with Gasteiger partial charge in [-0.25, -0.2) is 9.37 Å². The summed E-state index contributed by atoms with van der Waals surface area (Å²) in [7, 11) is 0. The number of nitrogens with zero attached hydrogens (tertiary/aromatic N) is 3. The molecule has 174 valence electrons. The van der Waals surface area contributed by atoms with E-state index in [0.717, 1.165) is 30.6 Å². The number of hydrogen-bond acceptors (Lipinski definition) is 5. The van der Waals surface area contributed by atoms with Gasteiger partial charge in [0.25, 0.3) is 0 Å². The first kappa shape index (κ1) is 22.4. The highest BCUT2D eigenvalue weighted by atomic mass is 35.5. The third-order valence-electron chi connectivity index (χ3n) is 6.49. The van der Waals surface area contributed by atoms with E-state index in [9.17, 15) is 4.39 Å². The van der Waals surface area contributed by atoms with Crippen molar-refractivity contribution in [3.05, 3.63) is 58.2 Å². The highest BCUT2D eigenvalue weighted by molar-refractivity contribution is 6.36. The molecular formula is C24H25Cl2FN4O2. The third kappa shape index (κ3) is 4.67. The van der Waals surface area contributed by atoms with Crippen LogP contribution in [-0.4, -0.2) is 27.5 Å². The van der Waals surface area contributed by atoms with Gasteiger partial charge >= 0.3 is 0 Å². The maximum absolute atomic E-state index is 14.0. The topological polar surface area (TPSA) is 75.2 Å². The average molecular weight is 491 g/mol. The Hall–Kier alpha value is -2.35. The lowest BCUT2D eigenvalue weighted by molar-refractivity contribution is 0.0824. The number of nitrogens with two attached hydrogens (primary N) is 1. The van der Waals surface area contributed by atoms with E-state index < -0.39 is 11.9 Å². The van der Waals surface area contributed by atoms with Crippen LogP contribution >= 0.6 is 23.2 Å². The summed E-state index contributed by atoms with van der Waals surface area (Å²) in [6, 6.07) is 4.79. The lowest BCUT2D eigenvalue weighted by Crippen LogP contribution is -2.16. The zero-order valence-electron chi connectivity index (χ0n) is 18.2. The van der Waals surface area contributed by atoms with Gasteiger partial charge in [-0.1, -0.05) is 23.2 Å². The Bertz CT molecular complexity index is 1170. The monoisotopic (exact) mass is 490 g/mol. The van der Waals surface area contributed by atoms with Crippen LogP contribution in [-0.2, 0) is 4.74 Å². The number of benzene rings is 1. The number of hydrogen-bond donors (Lipinski definition) is 1. The summed E-state index contributed by atoms with van der Waals surface area (Å²) in [6.45, 7) is 2.50. The number of ether oxygens (including phenoxy) is 2. The number of pyridine rings is 1. The van der Waals surface area contributed by atoms with Crippen molar-refractivity contribution in [2.45, 2.75) is 50.9 Å². The van der Waals surface area contributed by atoms with E-state index in [1.54, 1.807) is 19.2 Å². The largest absolute Gasteiger partial charge is 0.482 e. The minimum absolute atomic E-state index is 0.0698. The number of fused-ring (bicyclic) bond motifs is 1. The zero-order valence-corrected chi connectivity index (χ0v) is 19.7. The second-order valence-electron chi connectivity index (χ2n) is 8.76. The van der Waals surface area contributed by atoms with E-state index in [2.05, 4.69) is 10.1 Å². The quantitative estimate of drug-likeness (QED) is 0.428. The fourth-order valence-electron chi connectivity index (χ4n) is 4.46. The second kappa shape index (κ2) is 9.12. The van der Waals surface area contributed by atoms with Crippen LogP contribution in [0.4, 0.5) is 10.2 Å². The van der Waals surface area contributed by atoms with E-state index in [4.69, 9.17) is 38.4 Å². The van der Waals surface area contributed by atoms with Gasteiger partial charge in [0.2, 0.25) is 0 Å². The van der Waals surface area contributed by atoms with Gasteiger partial charge in [0.1, 0.15) is 11.9 Å². The van der Waals surface area contributed by atoms with E-state index >= 15 is 0 Å². The fourth-order valence-corrected chi connectivity index (χ4v) is 5.14. The Kier molecular flexibility index (Phi) is 6.20. The molecule has 9 heteroatoms. The van der Waals surface area contributed by atoms with Gasteiger partial charge in [0.05, 0.1) is 23.4 Å². The molecule has 2 aliphatic rings. The molecule has 1 aromatic carbocycles. The van der Waals surface area contributed by atoms with Gasteiger partial charge < -0.3 is 15.2 Å².